The van der Waals surface area contributed by atoms with Gasteiger partial charge in [0.15, 0.2) is 0 Å². The maximum atomic E-state index is 11.3. The van der Waals surface area contributed by atoms with Gasteiger partial charge in [-0.3, -0.25) is 9.69 Å². The lowest BCUT2D eigenvalue weighted by atomic mass is 10.1. The molecule has 0 spiro atoms. The lowest BCUT2D eigenvalue weighted by Crippen LogP contribution is -2.27. The number of nitrogens with one attached hydrogen (secondary N) is 2. The van der Waals surface area contributed by atoms with Crippen LogP contribution in [0.2, 0.25) is 0 Å². The van der Waals surface area contributed by atoms with Crippen molar-refractivity contribution in [3.63, 3.8) is 0 Å². The largest absolute Gasteiger partial charge is 0.326 e. The average molecular weight is 245 g/mol. The van der Waals surface area contributed by atoms with Crippen LogP contribution >= 0.6 is 0 Å². The molecule has 2 N–H and O–H groups in total. The van der Waals surface area contributed by atoms with Crippen LogP contribution in [0, 0.1) is 0 Å². The summed E-state index contributed by atoms with van der Waals surface area (Å²) in [5, 5.41) is 6.29. The molecule has 1 saturated heterocycles. The Morgan fingerprint density at radius 3 is 3.11 bits per heavy atom. The molecule has 0 atom stereocenters. The Morgan fingerprint density at radius 2 is 2.17 bits per heavy atom. The zero-order valence-corrected chi connectivity index (χ0v) is 10.5. The Labute approximate surface area is 107 Å². The molecule has 4 heteroatoms. The van der Waals surface area contributed by atoms with E-state index in [4.69, 9.17) is 0 Å². The highest BCUT2D eigenvalue weighted by atomic mass is 16.1. The number of hydrogen-bond donors (Lipinski definition) is 2. The maximum Gasteiger partial charge on any atom is 0.228 e. The molecule has 0 saturated carbocycles. The first-order valence-electron chi connectivity index (χ1n) is 6.66. The summed E-state index contributed by atoms with van der Waals surface area (Å²) in [5.74, 6) is 0.112. The fourth-order valence-electron chi connectivity index (χ4n) is 2.70. The number of rotatable bonds is 2. The van der Waals surface area contributed by atoms with Crippen LogP contribution in [0.3, 0.4) is 0 Å². The zero-order valence-electron chi connectivity index (χ0n) is 10.5. The maximum absolute atomic E-state index is 11.3. The number of fused-ring (bicyclic) bond motifs is 1. The number of hydrogen-bond acceptors (Lipinski definition) is 3. The van der Waals surface area contributed by atoms with Gasteiger partial charge >= 0.3 is 0 Å². The molecule has 96 valence electrons. The highest BCUT2D eigenvalue weighted by molar-refractivity contribution is 5.99. The molecule has 2 aliphatic rings. The molecule has 0 bridgehead atoms. The summed E-state index contributed by atoms with van der Waals surface area (Å²) in [6.07, 6.45) is 1.75. The van der Waals surface area contributed by atoms with Crippen molar-refractivity contribution in [3.05, 3.63) is 29.3 Å². The van der Waals surface area contributed by atoms with E-state index in [1.165, 1.54) is 12.0 Å². The highest BCUT2D eigenvalue weighted by Gasteiger charge is 2.18. The van der Waals surface area contributed by atoms with E-state index < -0.39 is 0 Å². The molecule has 0 unspecified atom stereocenters. The van der Waals surface area contributed by atoms with Crippen LogP contribution in [-0.2, 0) is 17.8 Å². The van der Waals surface area contributed by atoms with Gasteiger partial charge in [0.05, 0.1) is 6.42 Å². The van der Waals surface area contributed by atoms with Gasteiger partial charge in [0.1, 0.15) is 0 Å². The summed E-state index contributed by atoms with van der Waals surface area (Å²) in [5.41, 5.74) is 3.44. The van der Waals surface area contributed by atoms with Crippen LogP contribution in [0.4, 0.5) is 5.69 Å². The molecule has 4 nitrogen and oxygen atoms in total. The first-order valence-corrected chi connectivity index (χ1v) is 6.66. The van der Waals surface area contributed by atoms with E-state index in [9.17, 15) is 4.79 Å². The summed E-state index contributed by atoms with van der Waals surface area (Å²) in [6.45, 7) is 5.45. The van der Waals surface area contributed by atoms with Crippen molar-refractivity contribution in [2.45, 2.75) is 19.4 Å². The normalized spacial score (nSPS) is 20.3. The first-order chi connectivity index (χ1) is 8.81. The van der Waals surface area contributed by atoms with E-state index in [1.54, 1.807) is 0 Å². The van der Waals surface area contributed by atoms with E-state index >= 15 is 0 Å². The molecule has 0 aliphatic carbocycles. The van der Waals surface area contributed by atoms with Gasteiger partial charge in [0.25, 0.3) is 0 Å². The quantitative estimate of drug-likeness (QED) is 0.816. The number of carbonyl (C=O) groups is 1. The van der Waals surface area contributed by atoms with Gasteiger partial charge < -0.3 is 10.6 Å². The molecule has 1 amide bonds. The predicted molar refractivity (Wildman–Crippen MR) is 71.5 cm³/mol. The summed E-state index contributed by atoms with van der Waals surface area (Å²) in [7, 11) is 0. The SMILES string of the molecule is O=C1Cc2cc(CN3CCCNCC3)ccc2N1. The predicted octanol–water partition coefficient (Wildman–Crippen LogP) is 0.976. The van der Waals surface area contributed by atoms with Crippen molar-refractivity contribution in [3.8, 4) is 0 Å². The van der Waals surface area contributed by atoms with Crippen molar-refractivity contribution >= 4 is 11.6 Å². The second kappa shape index (κ2) is 5.08. The van der Waals surface area contributed by atoms with Gasteiger partial charge in [-0.25, -0.2) is 0 Å². The number of anilines is 1. The van der Waals surface area contributed by atoms with Gasteiger partial charge in [0, 0.05) is 25.3 Å². The third kappa shape index (κ3) is 2.54. The number of benzene rings is 1. The fraction of sp³-hybridized carbons (Fsp3) is 0.500. The Kier molecular flexibility index (Phi) is 3.30. The fourth-order valence-corrected chi connectivity index (χ4v) is 2.70. The molecule has 0 radical (unpaired) electrons. The highest BCUT2D eigenvalue weighted by Crippen LogP contribution is 2.24. The topological polar surface area (TPSA) is 44.4 Å². The summed E-state index contributed by atoms with van der Waals surface area (Å²) in [6, 6.07) is 6.33. The molecular formula is C14H19N3O. The van der Waals surface area contributed by atoms with Gasteiger partial charge in [-0.15, -0.1) is 0 Å². The standard InChI is InChI=1S/C14H19N3O/c18-14-9-12-8-11(2-3-13(12)16-14)10-17-6-1-4-15-5-7-17/h2-3,8,15H,1,4-7,9-10H2,(H,16,18). The van der Waals surface area contributed by atoms with Crippen LogP contribution in [0.25, 0.3) is 0 Å². The van der Waals surface area contributed by atoms with Crippen molar-refractivity contribution in [2.24, 2.45) is 0 Å². The molecule has 18 heavy (non-hydrogen) atoms. The third-order valence-corrected chi connectivity index (χ3v) is 3.63. The molecule has 0 aromatic heterocycles. The zero-order chi connectivity index (χ0) is 12.4. The van der Waals surface area contributed by atoms with Crippen molar-refractivity contribution < 1.29 is 4.79 Å². The van der Waals surface area contributed by atoms with Crippen molar-refractivity contribution in [2.75, 3.05) is 31.5 Å². The Morgan fingerprint density at radius 1 is 1.22 bits per heavy atom. The third-order valence-electron chi connectivity index (χ3n) is 3.63. The summed E-state index contributed by atoms with van der Waals surface area (Å²) in [4.78, 5) is 13.8. The number of amides is 1. The average Bonchev–Trinajstić information content (AvgIpc) is 2.56. The second-order valence-corrected chi connectivity index (χ2v) is 5.10. The summed E-state index contributed by atoms with van der Waals surface area (Å²) >= 11 is 0. The Bertz CT molecular complexity index is 450. The minimum Gasteiger partial charge on any atom is -0.326 e. The molecule has 2 heterocycles. The molecular weight excluding hydrogens is 226 g/mol. The molecule has 1 aromatic carbocycles. The van der Waals surface area contributed by atoms with Crippen molar-refractivity contribution in [1.29, 1.82) is 0 Å². The van der Waals surface area contributed by atoms with E-state index in [1.807, 2.05) is 6.07 Å². The lowest BCUT2D eigenvalue weighted by molar-refractivity contribution is -0.115. The van der Waals surface area contributed by atoms with Crippen molar-refractivity contribution in [1.82, 2.24) is 10.2 Å². The monoisotopic (exact) mass is 245 g/mol. The summed E-state index contributed by atoms with van der Waals surface area (Å²) < 4.78 is 0. The minimum absolute atomic E-state index is 0.112. The molecule has 3 rings (SSSR count). The van der Waals surface area contributed by atoms with Gasteiger partial charge in [-0.05, 0) is 36.7 Å². The van der Waals surface area contributed by atoms with Crippen LogP contribution in [0.15, 0.2) is 18.2 Å². The first kappa shape index (κ1) is 11.7. The van der Waals surface area contributed by atoms with Crippen LogP contribution in [0.1, 0.15) is 17.5 Å². The van der Waals surface area contributed by atoms with Crippen LogP contribution < -0.4 is 10.6 Å². The second-order valence-electron chi connectivity index (χ2n) is 5.10. The molecule has 1 aromatic rings. The van der Waals surface area contributed by atoms with Crippen LogP contribution in [0.5, 0.6) is 0 Å². The Hall–Kier alpha value is -1.39. The van der Waals surface area contributed by atoms with Gasteiger partial charge in [0.2, 0.25) is 5.91 Å². The van der Waals surface area contributed by atoms with E-state index in [0.29, 0.717) is 6.42 Å². The van der Waals surface area contributed by atoms with E-state index in [0.717, 1.165) is 44.0 Å². The van der Waals surface area contributed by atoms with Gasteiger partial charge in [-0.2, -0.15) is 0 Å². The lowest BCUT2D eigenvalue weighted by Gasteiger charge is -2.19. The number of carbonyl (C=O) groups excluding carboxylic acids is 1. The van der Waals surface area contributed by atoms with E-state index in [2.05, 4.69) is 27.7 Å². The number of nitrogens with zero attached hydrogens (tertiary/aromatic N) is 1. The smallest absolute Gasteiger partial charge is 0.228 e. The van der Waals surface area contributed by atoms with E-state index in [-0.39, 0.29) is 5.91 Å². The molecule has 2 aliphatic heterocycles. The Balaban J connectivity index is 1.69. The minimum atomic E-state index is 0.112. The van der Waals surface area contributed by atoms with Crippen LogP contribution in [-0.4, -0.2) is 37.0 Å². The van der Waals surface area contributed by atoms with Gasteiger partial charge in [-0.1, -0.05) is 12.1 Å². The molecule has 1 fully saturated rings.